The summed E-state index contributed by atoms with van der Waals surface area (Å²) in [5.41, 5.74) is 8.08. The van der Waals surface area contributed by atoms with Crippen LogP contribution in [0, 0.1) is 18.8 Å². The summed E-state index contributed by atoms with van der Waals surface area (Å²) in [5.74, 6) is 1.41. The summed E-state index contributed by atoms with van der Waals surface area (Å²) in [7, 11) is 2.09. The van der Waals surface area contributed by atoms with Crippen LogP contribution in [0.2, 0.25) is 0 Å². The molecule has 1 amide bonds. The molecule has 4 atom stereocenters. The Hall–Kier alpha value is -1.41. The summed E-state index contributed by atoms with van der Waals surface area (Å²) >= 11 is 1.66. The smallest absolute Gasteiger partial charge is 0.319 e. The van der Waals surface area contributed by atoms with E-state index in [-0.39, 0.29) is 23.3 Å². The van der Waals surface area contributed by atoms with Crippen LogP contribution >= 0.6 is 11.8 Å². The normalized spacial score (nSPS) is 28.4. The number of hydrogen-bond donors (Lipinski definition) is 2. The fourth-order valence-corrected chi connectivity index (χ4v) is 6.05. The Morgan fingerprint density at radius 1 is 1.52 bits per heavy atom. The molecular formula is C22H34N5OS+. The van der Waals surface area contributed by atoms with E-state index in [1.54, 1.807) is 11.8 Å². The lowest BCUT2D eigenvalue weighted by molar-refractivity contribution is -0.894. The van der Waals surface area contributed by atoms with Crippen molar-refractivity contribution in [2.45, 2.75) is 50.2 Å². The van der Waals surface area contributed by atoms with Crippen LogP contribution in [0.25, 0.3) is 5.52 Å². The van der Waals surface area contributed by atoms with Crippen molar-refractivity contribution in [1.29, 1.82) is 0 Å². The number of imidazole rings is 1. The van der Waals surface area contributed by atoms with Crippen LogP contribution < -0.4 is 11.1 Å². The average molecular weight is 417 g/mol. The van der Waals surface area contributed by atoms with Gasteiger partial charge in [-0.2, -0.15) is 0 Å². The van der Waals surface area contributed by atoms with E-state index in [2.05, 4.69) is 69.0 Å². The number of quaternary nitrogens is 1. The van der Waals surface area contributed by atoms with Crippen molar-refractivity contribution in [3.63, 3.8) is 0 Å². The third-order valence-electron chi connectivity index (χ3n) is 7.59. The van der Waals surface area contributed by atoms with Crippen molar-refractivity contribution in [3.8, 4) is 0 Å². The Labute approximate surface area is 177 Å². The minimum Gasteiger partial charge on any atom is -0.323 e. The molecule has 2 aromatic heterocycles. The predicted molar refractivity (Wildman–Crippen MR) is 118 cm³/mol. The van der Waals surface area contributed by atoms with E-state index in [0.717, 1.165) is 42.4 Å². The number of nitrogens with two attached hydrogens (primary N) is 1. The molecule has 7 heteroatoms. The zero-order valence-corrected chi connectivity index (χ0v) is 19.3. The first kappa shape index (κ1) is 20.8. The number of amides is 1. The Kier molecular flexibility index (Phi) is 4.89. The van der Waals surface area contributed by atoms with Crippen LogP contribution in [0.15, 0.2) is 23.4 Å². The number of aryl methyl sites for hydroxylation is 1. The topological polar surface area (TPSA) is 72.4 Å². The van der Waals surface area contributed by atoms with Gasteiger partial charge < -0.3 is 11.1 Å². The largest absolute Gasteiger partial charge is 0.323 e. The maximum atomic E-state index is 14.0. The van der Waals surface area contributed by atoms with Crippen LogP contribution in [0.1, 0.15) is 38.6 Å². The summed E-state index contributed by atoms with van der Waals surface area (Å²) in [6, 6.07) is 4.18. The van der Waals surface area contributed by atoms with Gasteiger partial charge in [0.2, 0.25) is 0 Å². The van der Waals surface area contributed by atoms with Crippen LogP contribution in [-0.2, 0) is 10.3 Å². The molecule has 0 aromatic carbocycles. The van der Waals surface area contributed by atoms with Crippen molar-refractivity contribution in [2.75, 3.05) is 32.9 Å². The number of piperidine rings is 1. The number of rotatable bonds is 6. The second-order valence-corrected chi connectivity index (χ2v) is 10.3. The Bertz CT molecular complexity index is 970. The number of carbonyl (C=O) groups excluding carboxylic acids is 1. The number of fused-ring (bicyclic) bond motifs is 2. The first-order chi connectivity index (χ1) is 13.6. The van der Waals surface area contributed by atoms with Crippen LogP contribution in [-0.4, -0.2) is 58.3 Å². The molecule has 1 aliphatic carbocycles. The minimum absolute atomic E-state index is 0.0624. The molecule has 3 heterocycles. The molecule has 2 aromatic rings. The average Bonchev–Trinajstić information content (AvgIpc) is 2.99. The number of thioether (sulfide) groups is 1. The molecule has 158 valence electrons. The third-order valence-corrected chi connectivity index (χ3v) is 8.26. The van der Waals surface area contributed by atoms with E-state index >= 15 is 0 Å². The molecule has 4 rings (SSSR count). The summed E-state index contributed by atoms with van der Waals surface area (Å²) in [5, 5.41) is 4.36. The second kappa shape index (κ2) is 6.80. The quantitative estimate of drug-likeness (QED) is 0.559. The zero-order valence-electron chi connectivity index (χ0n) is 18.5. The number of aromatic nitrogens is 2. The maximum absolute atomic E-state index is 14.0. The van der Waals surface area contributed by atoms with Gasteiger partial charge in [-0.1, -0.05) is 13.0 Å². The van der Waals surface area contributed by atoms with Crippen LogP contribution in [0.3, 0.4) is 0 Å². The Morgan fingerprint density at radius 2 is 2.24 bits per heavy atom. The lowest BCUT2D eigenvalue weighted by Gasteiger charge is -2.44. The highest BCUT2D eigenvalue weighted by molar-refractivity contribution is 7.98. The molecule has 0 bridgehead atoms. The summed E-state index contributed by atoms with van der Waals surface area (Å²) in [4.78, 5) is 19.0. The highest BCUT2D eigenvalue weighted by Crippen LogP contribution is 2.54. The van der Waals surface area contributed by atoms with Gasteiger partial charge in [-0.25, -0.2) is 9.78 Å². The van der Waals surface area contributed by atoms with Gasteiger partial charge in [-0.3, -0.25) is 8.88 Å². The SMILES string of the molecule is CCC[N+](C)(C(=O)[C@H]1[C@@H]2CNC[C@@]21N)C(C)(C)c1nc(SC)c2c(C)cccn12. The zero-order chi connectivity index (χ0) is 21.2. The Morgan fingerprint density at radius 3 is 2.83 bits per heavy atom. The fourth-order valence-electron chi connectivity index (χ4n) is 5.42. The molecular weight excluding hydrogens is 382 g/mol. The molecule has 0 radical (unpaired) electrons. The molecule has 2 aliphatic rings. The minimum atomic E-state index is -0.488. The molecule has 2 fully saturated rings. The van der Waals surface area contributed by atoms with Crippen LogP contribution in [0.4, 0.5) is 0 Å². The lowest BCUT2D eigenvalue weighted by Crippen LogP contribution is -2.63. The van der Waals surface area contributed by atoms with Crippen molar-refractivity contribution in [3.05, 3.63) is 29.7 Å². The van der Waals surface area contributed by atoms with Gasteiger partial charge in [0.25, 0.3) is 0 Å². The highest BCUT2D eigenvalue weighted by Gasteiger charge is 2.73. The molecule has 3 N–H and O–H groups in total. The fraction of sp³-hybridized carbons (Fsp3) is 0.636. The molecule has 1 unspecified atom stereocenters. The Balaban J connectivity index is 1.83. The molecule has 29 heavy (non-hydrogen) atoms. The van der Waals surface area contributed by atoms with Crippen molar-refractivity contribution in [2.24, 2.45) is 17.6 Å². The van der Waals surface area contributed by atoms with E-state index in [4.69, 9.17) is 10.7 Å². The molecule has 1 saturated carbocycles. The number of carbonyl (C=O) groups is 1. The standard InChI is InChI=1S/C22H34N5OS/c1-7-11-27(5,19(28)16-15-12-24-13-22(15,16)23)21(3,4)20-25-18(29-6)17-14(2)9-8-10-26(17)20/h8-10,15-16,24H,7,11-13,23H2,1-6H3/q+1/t15-,16+,22+,27?/m0/s1. The third kappa shape index (κ3) is 2.74. The maximum Gasteiger partial charge on any atom is 0.319 e. The number of pyridine rings is 1. The van der Waals surface area contributed by atoms with E-state index in [9.17, 15) is 4.79 Å². The van der Waals surface area contributed by atoms with E-state index in [1.165, 1.54) is 5.56 Å². The summed E-state index contributed by atoms with van der Waals surface area (Å²) in [6.45, 7) is 11.0. The lowest BCUT2D eigenvalue weighted by atomic mass is 9.95. The van der Waals surface area contributed by atoms with Gasteiger partial charge in [0.1, 0.15) is 5.03 Å². The molecule has 1 saturated heterocycles. The number of hydrogen-bond acceptors (Lipinski definition) is 5. The van der Waals surface area contributed by atoms with Crippen LogP contribution in [0.5, 0.6) is 0 Å². The predicted octanol–water partition coefficient (Wildman–Crippen LogP) is 2.53. The first-order valence-electron chi connectivity index (χ1n) is 10.5. The van der Waals surface area contributed by atoms with Gasteiger partial charge >= 0.3 is 5.91 Å². The van der Waals surface area contributed by atoms with Crippen molar-refractivity contribution >= 4 is 23.2 Å². The van der Waals surface area contributed by atoms with E-state index < -0.39 is 5.54 Å². The number of nitrogens with one attached hydrogen (secondary N) is 1. The second-order valence-electron chi connectivity index (χ2n) is 9.49. The summed E-state index contributed by atoms with van der Waals surface area (Å²) in [6.07, 6.45) is 5.07. The van der Waals surface area contributed by atoms with Gasteiger partial charge in [0, 0.05) is 30.7 Å². The number of nitrogens with zero attached hydrogens (tertiary/aromatic N) is 3. The van der Waals surface area contributed by atoms with Crippen molar-refractivity contribution < 1.29 is 9.28 Å². The van der Waals surface area contributed by atoms with Gasteiger partial charge in [-0.15, -0.1) is 11.8 Å². The molecule has 1 aliphatic heterocycles. The van der Waals surface area contributed by atoms with Crippen molar-refractivity contribution in [1.82, 2.24) is 14.7 Å². The first-order valence-corrected chi connectivity index (χ1v) is 11.8. The summed E-state index contributed by atoms with van der Waals surface area (Å²) < 4.78 is 2.51. The molecule has 0 spiro atoms. The van der Waals surface area contributed by atoms with E-state index in [0.29, 0.717) is 4.48 Å². The monoisotopic (exact) mass is 416 g/mol. The van der Waals surface area contributed by atoms with Gasteiger partial charge in [0.05, 0.1) is 25.0 Å². The van der Waals surface area contributed by atoms with Gasteiger partial charge in [-0.05, 0) is 45.1 Å². The highest BCUT2D eigenvalue weighted by atomic mass is 32.2. The van der Waals surface area contributed by atoms with E-state index in [1.807, 2.05) is 0 Å². The van der Waals surface area contributed by atoms with Gasteiger partial charge in [0.15, 0.2) is 11.4 Å². The molecule has 6 nitrogen and oxygen atoms in total.